The van der Waals surface area contributed by atoms with Gasteiger partial charge in [-0.05, 0) is 38.0 Å². The number of fused-ring (bicyclic) bond motifs is 1. The van der Waals surface area contributed by atoms with Crippen molar-refractivity contribution in [2.75, 3.05) is 26.9 Å². The van der Waals surface area contributed by atoms with Crippen LogP contribution in [-0.4, -0.2) is 47.8 Å². The van der Waals surface area contributed by atoms with Crippen molar-refractivity contribution in [1.82, 2.24) is 14.9 Å². The molecule has 134 valence electrons. The van der Waals surface area contributed by atoms with Crippen LogP contribution in [0.2, 0.25) is 0 Å². The van der Waals surface area contributed by atoms with Gasteiger partial charge in [-0.25, -0.2) is 4.98 Å². The third-order valence-corrected chi connectivity index (χ3v) is 5.15. The average molecular weight is 343 g/mol. The van der Waals surface area contributed by atoms with E-state index >= 15 is 0 Å². The van der Waals surface area contributed by atoms with Crippen molar-refractivity contribution in [3.05, 3.63) is 41.0 Å². The van der Waals surface area contributed by atoms with Gasteiger partial charge in [0.15, 0.2) is 11.5 Å². The normalized spacial score (nSPS) is 23.2. The van der Waals surface area contributed by atoms with Crippen molar-refractivity contribution in [3.8, 4) is 11.5 Å². The maximum Gasteiger partial charge on any atom is 0.161 e. The Morgan fingerprint density at radius 2 is 2.04 bits per heavy atom. The monoisotopic (exact) mass is 343 g/mol. The van der Waals surface area contributed by atoms with Crippen LogP contribution < -0.4 is 9.47 Å². The number of aromatic nitrogens is 2. The van der Waals surface area contributed by atoms with E-state index in [2.05, 4.69) is 28.9 Å². The Labute approximate surface area is 148 Å². The number of nitrogens with zero attached hydrogens (tertiary/aromatic N) is 2. The third kappa shape index (κ3) is 3.24. The number of H-pyrrole nitrogens is 1. The minimum atomic E-state index is 0.230. The lowest BCUT2D eigenvalue weighted by Crippen LogP contribution is -2.25. The Morgan fingerprint density at radius 1 is 1.24 bits per heavy atom. The van der Waals surface area contributed by atoms with Gasteiger partial charge in [0.2, 0.25) is 0 Å². The molecule has 2 aliphatic rings. The van der Waals surface area contributed by atoms with Gasteiger partial charge in [-0.15, -0.1) is 0 Å². The molecule has 6 heteroatoms. The Bertz CT molecular complexity index is 739. The number of imidazole rings is 1. The number of hydrogen-bond donors (Lipinski definition) is 1. The molecule has 0 aliphatic carbocycles. The summed E-state index contributed by atoms with van der Waals surface area (Å²) in [6.45, 7) is 7.07. The lowest BCUT2D eigenvalue weighted by Gasteiger charge is -2.24. The Balaban J connectivity index is 1.56. The van der Waals surface area contributed by atoms with Gasteiger partial charge < -0.3 is 19.2 Å². The molecule has 25 heavy (non-hydrogen) atoms. The second-order valence-corrected chi connectivity index (χ2v) is 6.85. The second kappa shape index (κ2) is 6.69. The first-order valence-corrected chi connectivity index (χ1v) is 8.82. The lowest BCUT2D eigenvalue weighted by atomic mass is 10.1. The number of methoxy groups -OCH3 is 1. The number of likely N-dealkylation sites (tertiary alicyclic amines) is 1. The molecule has 1 aromatic carbocycles. The molecule has 0 unspecified atom stereocenters. The molecule has 0 radical (unpaired) electrons. The zero-order valence-corrected chi connectivity index (χ0v) is 15.0. The van der Waals surface area contributed by atoms with Crippen LogP contribution in [0.3, 0.4) is 0 Å². The van der Waals surface area contributed by atoms with E-state index in [0.29, 0.717) is 13.2 Å². The van der Waals surface area contributed by atoms with Crippen LogP contribution in [0, 0.1) is 13.8 Å². The van der Waals surface area contributed by atoms with Crippen LogP contribution in [0.25, 0.3) is 0 Å². The highest BCUT2D eigenvalue weighted by Gasteiger charge is 2.35. The molecule has 2 aromatic rings. The second-order valence-electron chi connectivity index (χ2n) is 6.85. The molecular weight excluding hydrogens is 318 g/mol. The van der Waals surface area contributed by atoms with Crippen molar-refractivity contribution in [1.29, 1.82) is 0 Å². The summed E-state index contributed by atoms with van der Waals surface area (Å²) in [5.74, 6) is 2.71. The fourth-order valence-electron chi connectivity index (χ4n) is 3.64. The number of aryl methyl sites for hydroxylation is 2. The van der Waals surface area contributed by atoms with Crippen LogP contribution in [-0.2, 0) is 11.3 Å². The molecule has 2 aliphatic heterocycles. The van der Waals surface area contributed by atoms with Crippen molar-refractivity contribution >= 4 is 0 Å². The standard InChI is InChI=1S/C19H25N3O3/c1-12-13(2)21-19(20-12)16-9-15(23-3)11-22(16)10-14-4-5-17-18(8-14)25-7-6-24-17/h4-5,8,15-16H,6-7,9-11H2,1-3H3,(H,20,21)/t15-,16+/m1/s1. The largest absolute Gasteiger partial charge is 0.486 e. The van der Waals surface area contributed by atoms with E-state index in [1.165, 1.54) is 5.56 Å². The Kier molecular flexibility index (Phi) is 4.39. The first-order chi connectivity index (χ1) is 12.1. The van der Waals surface area contributed by atoms with E-state index in [-0.39, 0.29) is 12.1 Å². The van der Waals surface area contributed by atoms with Crippen LogP contribution in [0.4, 0.5) is 0 Å². The fraction of sp³-hybridized carbons (Fsp3) is 0.526. The topological polar surface area (TPSA) is 59.6 Å². The first-order valence-electron chi connectivity index (χ1n) is 8.82. The van der Waals surface area contributed by atoms with Gasteiger partial charge in [0.05, 0.1) is 17.8 Å². The summed E-state index contributed by atoms with van der Waals surface area (Å²) >= 11 is 0. The Hall–Kier alpha value is -2.05. The SMILES string of the molecule is CO[C@@H]1C[C@@H](c2nc(C)c(C)[nH]2)N(Cc2ccc3c(c2)OCCO3)C1. The van der Waals surface area contributed by atoms with E-state index in [4.69, 9.17) is 19.2 Å². The van der Waals surface area contributed by atoms with Gasteiger partial charge in [-0.2, -0.15) is 0 Å². The van der Waals surface area contributed by atoms with Crippen LogP contribution in [0.5, 0.6) is 11.5 Å². The van der Waals surface area contributed by atoms with E-state index < -0.39 is 0 Å². The molecule has 1 N–H and O–H groups in total. The Morgan fingerprint density at radius 3 is 2.76 bits per heavy atom. The third-order valence-electron chi connectivity index (χ3n) is 5.15. The van der Waals surface area contributed by atoms with Gasteiger partial charge >= 0.3 is 0 Å². The van der Waals surface area contributed by atoms with Crippen LogP contribution >= 0.6 is 0 Å². The molecule has 6 nitrogen and oxygen atoms in total. The number of nitrogens with one attached hydrogen (secondary N) is 1. The molecule has 0 saturated carbocycles. The summed E-state index contributed by atoms with van der Waals surface area (Å²) in [4.78, 5) is 10.6. The summed E-state index contributed by atoms with van der Waals surface area (Å²) in [5.41, 5.74) is 3.41. The maximum absolute atomic E-state index is 5.71. The summed E-state index contributed by atoms with van der Waals surface area (Å²) in [5, 5.41) is 0. The number of rotatable bonds is 4. The summed E-state index contributed by atoms with van der Waals surface area (Å²) in [6, 6.07) is 6.45. The number of aromatic amines is 1. The van der Waals surface area contributed by atoms with Crippen molar-refractivity contribution in [2.45, 2.75) is 39.0 Å². The zero-order valence-electron chi connectivity index (χ0n) is 15.0. The smallest absolute Gasteiger partial charge is 0.161 e. The van der Waals surface area contributed by atoms with Gasteiger partial charge in [0, 0.05) is 25.9 Å². The number of benzene rings is 1. The summed E-state index contributed by atoms with van der Waals surface area (Å²) < 4.78 is 17.0. The van der Waals surface area contributed by atoms with Gasteiger partial charge in [0.25, 0.3) is 0 Å². The minimum absolute atomic E-state index is 0.230. The van der Waals surface area contributed by atoms with E-state index in [9.17, 15) is 0 Å². The molecule has 0 bridgehead atoms. The van der Waals surface area contributed by atoms with Gasteiger partial charge in [0.1, 0.15) is 19.0 Å². The average Bonchev–Trinajstić information content (AvgIpc) is 3.18. The summed E-state index contributed by atoms with van der Waals surface area (Å²) in [7, 11) is 1.79. The molecule has 1 fully saturated rings. The predicted octanol–water partition coefficient (Wildman–Crippen LogP) is 2.76. The quantitative estimate of drug-likeness (QED) is 0.925. The fourth-order valence-corrected chi connectivity index (χ4v) is 3.64. The van der Waals surface area contributed by atoms with Crippen LogP contribution in [0.15, 0.2) is 18.2 Å². The number of ether oxygens (including phenoxy) is 3. The molecule has 3 heterocycles. The minimum Gasteiger partial charge on any atom is -0.486 e. The molecule has 2 atom stereocenters. The molecule has 1 saturated heterocycles. The van der Waals surface area contributed by atoms with Crippen molar-refractivity contribution in [2.24, 2.45) is 0 Å². The van der Waals surface area contributed by atoms with E-state index in [0.717, 1.165) is 48.2 Å². The highest BCUT2D eigenvalue weighted by atomic mass is 16.6. The first kappa shape index (κ1) is 16.4. The van der Waals surface area contributed by atoms with Gasteiger partial charge in [-0.3, -0.25) is 4.90 Å². The highest BCUT2D eigenvalue weighted by molar-refractivity contribution is 5.43. The van der Waals surface area contributed by atoms with Crippen molar-refractivity contribution < 1.29 is 14.2 Å². The summed E-state index contributed by atoms with van der Waals surface area (Å²) in [6.07, 6.45) is 1.18. The highest BCUT2D eigenvalue weighted by Crippen LogP contribution is 2.36. The van der Waals surface area contributed by atoms with E-state index in [1.807, 2.05) is 13.0 Å². The number of hydrogen-bond acceptors (Lipinski definition) is 5. The predicted molar refractivity (Wildman–Crippen MR) is 94.1 cm³/mol. The van der Waals surface area contributed by atoms with Crippen molar-refractivity contribution in [3.63, 3.8) is 0 Å². The van der Waals surface area contributed by atoms with Crippen LogP contribution in [0.1, 0.15) is 35.2 Å². The lowest BCUT2D eigenvalue weighted by molar-refractivity contribution is 0.107. The molecule has 0 amide bonds. The zero-order chi connectivity index (χ0) is 17.4. The molecule has 4 rings (SSSR count). The van der Waals surface area contributed by atoms with E-state index in [1.54, 1.807) is 7.11 Å². The molecule has 1 aromatic heterocycles. The van der Waals surface area contributed by atoms with Gasteiger partial charge in [-0.1, -0.05) is 6.07 Å². The molecule has 0 spiro atoms. The maximum atomic E-state index is 5.71. The molecular formula is C19H25N3O3.